The number of aromatic nitrogens is 1. The summed E-state index contributed by atoms with van der Waals surface area (Å²) in [5.41, 5.74) is 1.77. The van der Waals surface area contributed by atoms with Crippen molar-refractivity contribution >= 4 is 15.9 Å². The quantitative estimate of drug-likeness (QED) is 0.910. The van der Waals surface area contributed by atoms with E-state index in [1.165, 1.54) is 0 Å². The van der Waals surface area contributed by atoms with Gasteiger partial charge in [0.15, 0.2) is 0 Å². The lowest BCUT2D eigenvalue weighted by Crippen LogP contribution is -1.83. The maximum atomic E-state index is 8.90. The molecule has 0 aliphatic carbocycles. The van der Waals surface area contributed by atoms with E-state index in [1.807, 2.05) is 31.2 Å². The van der Waals surface area contributed by atoms with Crippen LogP contribution in [0.5, 0.6) is 0 Å². The van der Waals surface area contributed by atoms with Gasteiger partial charge in [-0.2, -0.15) is 0 Å². The number of hydrogen-bond donors (Lipinski definition) is 1. The van der Waals surface area contributed by atoms with Gasteiger partial charge < -0.3 is 9.52 Å². The van der Waals surface area contributed by atoms with Gasteiger partial charge in [-0.1, -0.05) is 28.1 Å². The van der Waals surface area contributed by atoms with Crippen molar-refractivity contribution in [2.45, 2.75) is 13.5 Å². The Balaban J connectivity index is 2.44. The van der Waals surface area contributed by atoms with Crippen molar-refractivity contribution in [2.75, 3.05) is 0 Å². The summed E-state index contributed by atoms with van der Waals surface area (Å²) in [6, 6.07) is 7.80. The van der Waals surface area contributed by atoms with E-state index in [0.29, 0.717) is 5.89 Å². The average Bonchev–Trinajstić information content (AvgIpc) is 2.61. The topological polar surface area (TPSA) is 46.3 Å². The smallest absolute Gasteiger partial charge is 0.220 e. The Labute approximate surface area is 95.9 Å². The summed E-state index contributed by atoms with van der Waals surface area (Å²) in [7, 11) is 0. The first-order chi connectivity index (χ1) is 7.20. The second kappa shape index (κ2) is 4.16. The van der Waals surface area contributed by atoms with Crippen molar-refractivity contribution in [1.29, 1.82) is 0 Å². The molecular weight excluding hydrogens is 258 g/mol. The highest BCUT2D eigenvalue weighted by Crippen LogP contribution is 2.24. The molecule has 0 saturated heterocycles. The molecule has 15 heavy (non-hydrogen) atoms. The third-order valence-electron chi connectivity index (χ3n) is 2.09. The molecule has 0 atom stereocenters. The van der Waals surface area contributed by atoms with Gasteiger partial charge >= 0.3 is 0 Å². The van der Waals surface area contributed by atoms with Gasteiger partial charge in [0.25, 0.3) is 0 Å². The fourth-order valence-corrected chi connectivity index (χ4v) is 1.66. The number of rotatable bonds is 2. The van der Waals surface area contributed by atoms with Crippen LogP contribution < -0.4 is 0 Å². The van der Waals surface area contributed by atoms with Crippen molar-refractivity contribution in [2.24, 2.45) is 0 Å². The van der Waals surface area contributed by atoms with Crippen molar-refractivity contribution in [3.8, 4) is 11.3 Å². The molecule has 4 heteroatoms. The molecule has 3 nitrogen and oxygen atoms in total. The maximum absolute atomic E-state index is 8.90. The van der Waals surface area contributed by atoms with E-state index >= 15 is 0 Å². The zero-order valence-electron chi connectivity index (χ0n) is 8.20. The van der Waals surface area contributed by atoms with Crippen LogP contribution in [-0.4, -0.2) is 10.1 Å². The number of nitrogens with zero attached hydrogens (tertiary/aromatic N) is 1. The number of oxazole rings is 1. The van der Waals surface area contributed by atoms with E-state index < -0.39 is 0 Å². The van der Waals surface area contributed by atoms with Crippen LogP contribution in [0.25, 0.3) is 11.3 Å². The van der Waals surface area contributed by atoms with Crippen molar-refractivity contribution in [1.82, 2.24) is 4.98 Å². The molecule has 0 radical (unpaired) electrons. The number of benzene rings is 1. The SMILES string of the molecule is Cc1oc(CO)nc1-c1ccc(Br)cc1. The number of aliphatic hydroxyl groups excluding tert-OH is 1. The van der Waals surface area contributed by atoms with Crippen LogP contribution in [0.2, 0.25) is 0 Å². The van der Waals surface area contributed by atoms with Gasteiger partial charge in [-0.05, 0) is 19.1 Å². The summed E-state index contributed by atoms with van der Waals surface area (Å²) < 4.78 is 6.30. The molecule has 1 N–H and O–H groups in total. The minimum absolute atomic E-state index is 0.169. The fourth-order valence-electron chi connectivity index (χ4n) is 1.39. The molecule has 0 aliphatic rings. The Morgan fingerprint density at radius 3 is 2.53 bits per heavy atom. The van der Waals surface area contributed by atoms with E-state index in [-0.39, 0.29) is 6.61 Å². The van der Waals surface area contributed by atoms with Crippen LogP contribution in [0.3, 0.4) is 0 Å². The van der Waals surface area contributed by atoms with E-state index in [4.69, 9.17) is 9.52 Å². The van der Waals surface area contributed by atoms with Crippen molar-refractivity contribution in [3.05, 3.63) is 40.4 Å². The first kappa shape index (κ1) is 10.4. The third kappa shape index (κ3) is 2.11. The molecule has 0 saturated carbocycles. The minimum atomic E-state index is -0.169. The van der Waals surface area contributed by atoms with E-state index in [9.17, 15) is 0 Å². The van der Waals surface area contributed by atoms with Gasteiger partial charge in [-0.25, -0.2) is 4.98 Å². The van der Waals surface area contributed by atoms with Gasteiger partial charge in [-0.15, -0.1) is 0 Å². The van der Waals surface area contributed by atoms with Crippen molar-refractivity contribution in [3.63, 3.8) is 0 Å². The summed E-state index contributed by atoms with van der Waals surface area (Å²) >= 11 is 3.37. The number of hydrogen-bond acceptors (Lipinski definition) is 3. The van der Waals surface area contributed by atoms with Crippen LogP contribution in [0.1, 0.15) is 11.7 Å². The Morgan fingerprint density at radius 1 is 1.33 bits per heavy atom. The van der Waals surface area contributed by atoms with Gasteiger partial charge in [-0.3, -0.25) is 0 Å². The molecule has 2 aromatic rings. The molecule has 0 bridgehead atoms. The lowest BCUT2D eigenvalue weighted by Gasteiger charge is -1.96. The van der Waals surface area contributed by atoms with E-state index in [2.05, 4.69) is 20.9 Å². The van der Waals surface area contributed by atoms with Crippen LogP contribution >= 0.6 is 15.9 Å². The average molecular weight is 268 g/mol. The molecule has 1 aromatic carbocycles. The van der Waals surface area contributed by atoms with Crippen LogP contribution in [0.15, 0.2) is 33.2 Å². The Morgan fingerprint density at radius 2 is 2.00 bits per heavy atom. The molecule has 1 aromatic heterocycles. The summed E-state index contributed by atoms with van der Waals surface area (Å²) in [6.07, 6.45) is 0. The van der Waals surface area contributed by atoms with Crippen LogP contribution in [0.4, 0.5) is 0 Å². The normalized spacial score (nSPS) is 10.6. The zero-order chi connectivity index (χ0) is 10.8. The highest BCUT2D eigenvalue weighted by molar-refractivity contribution is 9.10. The summed E-state index contributed by atoms with van der Waals surface area (Å²) in [5, 5.41) is 8.90. The molecule has 0 unspecified atom stereocenters. The largest absolute Gasteiger partial charge is 0.443 e. The lowest BCUT2D eigenvalue weighted by atomic mass is 10.1. The number of aryl methyl sites for hydroxylation is 1. The highest BCUT2D eigenvalue weighted by atomic mass is 79.9. The molecule has 0 fully saturated rings. The molecule has 0 aliphatic heterocycles. The summed E-state index contributed by atoms with van der Waals surface area (Å²) in [4.78, 5) is 4.20. The second-order valence-electron chi connectivity index (χ2n) is 3.18. The Bertz CT molecular complexity index is 462. The standard InChI is InChI=1S/C11H10BrNO2/c1-7-11(13-10(6-14)15-7)8-2-4-9(12)5-3-8/h2-5,14H,6H2,1H3. The summed E-state index contributed by atoms with van der Waals surface area (Å²) in [6.45, 7) is 1.67. The van der Waals surface area contributed by atoms with Crippen LogP contribution in [0, 0.1) is 6.92 Å². The first-order valence-electron chi connectivity index (χ1n) is 4.54. The molecule has 0 amide bonds. The molecule has 78 valence electrons. The predicted octanol–water partition coefficient (Wildman–Crippen LogP) is 2.90. The monoisotopic (exact) mass is 267 g/mol. The van der Waals surface area contributed by atoms with Gasteiger partial charge in [0.1, 0.15) is 18.1 Å². The van der Waals surface area contributed by atoms with Gasteiger partial charge in [0, 0.05) is 10.0 Å². The highest BCUT2D eigenvalue weighted by Gasteiger charge is 2.10. The molecule has 1 heterocycles. The lowest BCUT2D eigenvalue weighted by molar-refractivity contribution is 0.238. The second-order valence-corrected chi connectivity index (χ2v) is 4.09. The first-order valence-corrected chi connectivity index (χ1v) is 5.33. The Kier molecular flexibility index (Phi) is 2.88. The molecule has 0 spiro atoms. The maximum Gasteiger partial charge on any atom is 0.220 e. The van der Waals surface area contributed by atoms with Gasteiger partial charge in [0.2, 0.25) is 5.89 Å². The summed E-state index contributed by atoms with van der Waals surface area (Å²) in [5.74, 6) is 1.08. The van der Waals surface area contributed by atoms with Gasteiger partial charge in [0.05, 0.1) is 0 Å². The number of aliphatic hydroxyl groups is 1. The van der Waals surface area contributed by atoms with E-state index in [1.54, 1.807) is 0 Å². The van der Waals surface area contributed by atoms with Crippen LogP contribution in [-0.2, 0) is 6.61 Å². The predicted molar refractivity (Wildman–Crippen MR) is 60.3 cm³/mol. The van der Waals surface area contributed by atoms with E-state index in [0.717, 1.165) is 21.5 Å². The fraction of sp³-hybridized carbons (Fsp3) is 0.182. The minimum Gasteiger partial charge on any atom is -0.443 e. The van der Waals surface area contributed by atoms with Crippen molar-refractivity contribution < 1.29 is 9.52 Å². The third-order valence-corrected chi connectivity index (χ3v) is 2.62. The Hall–Kier alpha value is -1.13. The zero-order valence-corrected chi connectivity index (χ0v) is 9.78. The number of halogens is 1. The molecular formula is C11H10BrNO2. The molecule has 2 rings (SSSR count).